The number of benzene rings is 1. The predicted octanol–water partition coefficient (Wildman–Crippen LogP) is 1.53. The molecule has 0 bridgehead atoms. The average Bonchev–Trinajstić information content (AvgIpc) is 2.48. The number of piperazine rings is 1. The van der Waals surface area contributed by atoms with E-state index in [0.29, 0.717) is 29.6 Å². The van der Waals surface area contributed by atoms with E-state index in [-0.39, 0.29) is 11.9 Å². The maximum atomic E-state index is 12.7. The number of ether oxygens (including phenoxy) is 2. The molecule has 1 aromatic carbocycles. The summed E-state index contributed by atoms with van der Waals surface area (Å²) in [5.41, 5.74) is 0.578. The quantitative estimate of drug-likeness (QED) is 0.911. The van der Waals surface area contributed by atoms with E-state index in [0.717, 1.165) is 6.54 Å². The monoisotopic (exact) mass is 278 g/mol. The zero-order valence-corrected chi connectivity index (χ0v) is 12.5. The summed E-state index contributed by atoms with van der Waals surface area (Å²) in [6, 6.07) is 5.76. The van der Waals surface area contributed by atoms with Crippen LogP contribution in [-0.2, 0) is 0 Å². The zero-order valence-electron chi connectivity index (χ0n) is 12.5. The van der Waals surface area contributed by atoms with Gasteiger partial charge in [0.05, 0.1) is 19.8 Å². The van der Waals surface area contributed by atoms with Crippen molar-refractivity contribution in [2.24, 2.45) is 0 Å². The molecule has 20 heavy (non-hydrogen) atoms. The van der Waals surface area contributed by atoms with Gasteiger partial charge in [-0.2, -0.15) is 0 Å². The zero-order chi connectivity index (χ0) is 14.7. The first-order chi connectivity index (χ1) is 9.56. The van der Waals surface area contributed by atoms with E-state index in [4.69, 9.17) is 9.47 Å². The predicted molar refractivity (Wildman–Crippen MR) is 77.5 cm³/mol. The van der Waals surface area contributed by atoms with Crippen molar-refractivity contribution in [2.45, 2.75) is 25.9 Å². The van der Waals surface area contributed by atoms with E-state index in [2.05, 4.69) is 12.2 Å². The number of carbonyl (C=O) groups excluding carboxylic acids is 1. The largest absolute Gasteiger partial charge is 0.497 e. The molecule has 0 aliphatic carbocycles. The Kier molecular flexibility index (Phi) is 4.49. The van der Waals surface area contributed by atoms with Gasteiger partial charge in [-0.1, -0.05) is 0 Å². The number of nitrogens with one attached hydrogen (secondary N) is 1. The van der Waals surface area contributed by atoms with Crippen LogP contribution in [0.2, 0.25) is 0 Å². The molecule has 1 aliphatic rings. The summed E-state index contributed by atoms with van der Waals surface area (Å²) < 4.78 is 10.5. The topological polar surface area (TPSA) is 50.8 Å². The highest BCUT2D eigenvalue weighted by Gasteiger charge is 2.29. The fourth-order valence-electron chi connectivity index (χ4n) is 2.43. The Morgan fingerprint density at radius 2 is 2.05 bits per heavy atom. The van der Waals surface area contributed by atoms with Gasteiger partial charge in [0.15, 0.2) is 0 Å². The highest BCUT2D eigenvalue weighted by atomic mass is 16.5. The highest BCUT2D eigenvalue weighted by molar-refractivity contribution is 5.97. The van der Waals surface area contributed by atoms with Gasteiger partial charge in [0.25, 0.3) is 5.91 Å². The molecule has 0 spiro atoms. The minimum absolute atomic E-state index is 0.00496. The van der Waals surface area contributed by atoms with Gasteiger partial charge in [0.2, 0.25) is 0 Å². The van der Waals surface area contributed by atoms with Crippen LogP contribution in [0.25, 0.3) is 0 Å². The molecule has 1 amide bonds. The molecule has 1 N–H and O–H groups in total. The Labute approximate surface area is 119 Å². The second-order valence-corrected chi connectivity index (χ2v) is 5.18. The summed E-state index contributed by atoms with van der Waals surface area (Å²) in [5, 5.41) is 3.37. The molecule has 0 radical (unpaired) electrons. The van der Waals surface area contributed by atoms with Gasteiger partial charge >= 0.3 is 0 Å². The molecule has 1 saturated heterocycles. The Hall–Kier alpha value is -1.75. The minimum Gasteiger partial charge on any atom is -0.497 e. The lowest BCUT2D eigenvalue weighted by Gasteiger charge is -2.37. The van der Waals surface area contributed by atoms with Gasteiger partial charge in [0.1, 0.15) is 11.5 Å². The lowest BCUT2D eigenvalue weighted by atomic mass is 10.1. The van der Waals surface area contributed by atoms with Crippen molar-refractivity contribution in [3.63, 3.8) is 0 Å². The summed E-state index contributed by atoms with van der Waals surface area (Å²) in [7, 11) is 3.16. The Morgan fingerprint density at radius 1 is 1.30 bits per heavy atom. The van der Waals surface area contributed by atoms with E-state index in [9.17, 15) is 4.79 Å². The Balaban J connectivity index is 2.28. The molecule has 5 nitrogen and oxygen atoms in total. The van der Waals surface area contributed by atoms with E-state index in [1.165, 1.54) is 0 Å². The molecule has 1 aliphatic heterocycles. The van der Waals surface area contributed by atoms with Crippen molar-refractivity contribution >= 4 is 5.91 Å². The second-order valence-electron chi connectivity index (χ2n) is 5.18. The maximum Gasteiger partial charge on any atom is 0.257 e. The number of amides is 1. The summed E-state index contributed by atoms with van der Waals surface area (Å²) in [6.45, 7) is 5.64. The first kappa shape index (κ1) is 14.7. The van der Waals surface area contributed by atoms with Crippen molar-refractivity contribution in [2.75, 3.05) is 27.3 Å². The molecule has 1 heterocycles. The van der Waals surface area contributed by atoms with E-state index < -0.39 is 0 Å². The molecule has 1 aromatic rings. The van der Waals surface area contributed by atoms with Crippen molar-refractivity contribution in [1.29, 1.82) is 0 Å². The average molecular weight is 278 g/mol. The molecule has 2 unspecified atom stereocenters. The molecule has 1 fully saturated rings. The summed E-state index contributed by atoms with van der Waals surface area (Å²) >= 11 is 0. The molecule has 0 aromatic heterocycles. The van der Waals surface area contributed by atoms with Gasteiger partial charge in [-0.05, 0) is 26.0 Å². The van der Waals surface area contributed by atoms with Gasteiger partial charge in [-0.25, -0.2) is 0 Å². The number of rotatable bonds is 3. The third-order valence-corrected chi connectivity index (χ3v) is 3.66. The summed E-state index contributed by atoms with van der Waals surface area (Å²) in [6.07, 6.45) is 0. The van der Waals surface area contributed by atoms with Crippen LogP contribution in [-0.4, -0.2) is 50.2 Å². The normalized spacial score (nSPS) is 22.5. The fraction of sp³-hybridized carbons (Fsp3) is 0.533. The molecule has 5 heteroatoms. The molecular formula is C15H22N2O3. The van der Waals surface area contributed by atoms with Gasteiger partial charge in [-0.3, -0.25) is 4.79 Å². The van der Waals surface area contributed by atoms with Crippen LogP contribution < -0.4 is 14.8 Å². The molecule has 2 atom stereocenters. The third-order valence-electron chi connectivity index (χ3n) is 3.66. The number of methoxy groups -OCH3 is 2. The second kappa shape index (κ2) is 6.13. The molecule has 2 rings (SSSR count). The third kappa shape index (κ3) is 2.88. The van der Waals surface area contributed by atoms with Crippen molar-refractivity contribution in [1.82, 2.24) is 10.2 Å². The van der Waals surface area contributed by atoms with Crippen molar-refractivity contribution in [3.8, 4) is 11.5 Å². The van der Waals surface area contributed by atoms with Gasteiger partial charge < -0.3 is 19.7 Å². The number of carbonyl (C=O) groups is 1. The van der Waals surface area contributed by atoms with E-state index in [1.54, 1.807) is 32.4 Å². The summed E-state index contributed by atoms with van der Waals surface area (Å²) in [4.78, 5) is 14.6. The van der Waals surface area contributed by atoms with Crippen LogP contribution in [0.5, 0.6) is 11.5 Å². The van der Waals surface area contributed by atoms with Crippen LogP contribution in [0.3, 0.4) is 0 Å². The van der Waals surface area contributed by atoms with Crippen LogP contribution in [0, 0.1) is 0 Å². The van der Waals surface area contributed by atoms with Gasteiger partial charge in [-0.15, -0.1) is 0 Å². The van der Waals surface area contributed by atoms with Crippen LogP contribution in [0.4, 0.5) is 0 Å². The maximum absolute atomic E-state index is 12.7. The van der Waals surface area contributed by atoms with Crippen LogP contribution >= 0.6 is 0 Å². The lowest BCUT2D eigenvalue weighted by Crippen LogP contribution is -2.56. The fourth-order valence-corrected chi connectivity index (χ4v) is 2.43. The first-order valence-electron chi connectivity index (χ1n) is 6.83. The SMILES string of the molecule is COc1ccc(C(=O)N2CC(C)NCC2C)c(OC)c1. The number of nitrogens with zero attached hydrogens (tertiary/aromatic N) is 1. The Morgan fingerprint density at radius 3 is 2.70 bits per heavy atom. The van der Waals surface area contributed by atoms with Crippen LogP contribution in [0.15, 0.2) is 18.2 Å². The number of hydrogen-bond acceptors (Lipinski definition) is 4. The lowest BCUT2D eigenvalue weighted by molar-refractivity contribution is 0.0613. The van der Waals surface area contributed by atoms with Crippen molar-refractivity contribution < 1.29 is 14.3 Å². The van der Waals surface area contributed by atoms with E-state index >= 15 is 0 Å². The van der Waals surface area contributed by atoms with E-state index in [1.807, 2.05) is 11.8 Å². The molecule has 110 valence electrons. The molecular weight excluding hydrogens is 256 g/mol. The van der Waals surface area contributed by atoms with Crippen LogP contribution in [0.1, 0.15) is 24.2 Å². The minimum atomic E-state index is 0.00496. The molecule has 0 saturated carbocycles. The van der Waals surface area contributed by atoms with Gasteiger partial charge in [0, 0.05) is 31.2 Å². The highest BCUT2D eigenvalue weighted by Crippen LogP contribution is 2.26. The number of hydrogen-bond donors (Lipinski definition) is 1. The smallest absolute Gasteiger partial charge is 0.257 e. The Bertz CT molecular complexity index is 490. The first-order valence-corrected chi connectivity index (χ1v) is 6.83. The van der Waals surface area contributed by atoms with Crippen molar-refractivity contribution in [3.05, 3.63) is 23.8 Å². The standard InChI is InChI=1S/C15H22N2O3/c1-10-9-17(11(2)8-16-10)15(18)13-6-5-12(19-3)7-14(13)20-4/h5-7,10-11,16H,8-9H2,1-4H3. The summed E-state index contributed by atoms with van der Waals surface area (Å²) in [5.74, 6) is 1.23.